The Labute approximate surface area is 110 Å². The van der Waals surface area contributed by atoms with E-state index in [4.69, 9.17) is 4.74 Å². The van der Waals surface area contributed by atoms with E-state index in [0.29, 0.717) is 5.56 Å². The standard InChI is InChI=1S/C14H15FN2O2/c1-3-17-7-6-16-14(17)9-19-13-8-11(15)4-5-12(13)10(2)18/h4-8H,3,9H2,1-2H3. The van der Waals surface area contributed by atoms with Crippen LogP contribution in [0.2, 0.25) is 0 Å². The van der Waals surface area contributed by atoms with Crippen LogP contribution in [0.15, 0.2) is 30.6 Å². The van der Waals surface area contributed by atoms with E-state index in [-0.39, 0.29) is 18.1 Å². The van der Waals surface area contributed by atoms with Crippen LogP contribution in [0.4, 0.5) is 4.39 Å². The number of ketones is 1. The third-order valence-corrected chi connectivity index (χ3v) is 2.82. The summed E-state index contributed by atoms with van der Waals surface area (Å²) in [5, 5.41) is 0. The number of rotatable bonds is 5. The fourth-order valence-electron chi connectivity index (χ4n) is 1.82. The maximum atomic E-state index is 13.2. The molecule has 0 saturated carbocycles. The normalized spacial score (nSPS) is 10.5. The van der Waals surface area contributed by atoms with Crippen molar-refractivity contribution in [2.75, 3.05) is 0 Å². The van der Waals surface area contributed by atoms with Crippen molar-refractivity contribution in [3.63, 3.8) is 0 Å². The molecule has 0 aliphatic rings. The van der Waals surface area contributed by atoms with Gasteiger partial charge in [0.1, 0.15) is 24.0 Å². The van der Waals surface area contributed by atoms with Gasteiger partial charge in [-0.3, -0.25) is 4.79 Å². The Morgan fingerprint density at radius 2 is 2.26 bits per heavy atom. The molecule has 0 aliphatic carbocycles. The van der Waals surface area contributed by atoms with Crippen LogP contribution in [-0.4, -0.2) is 15.3 Å². The predicted molar refractivity (Wildman–Crippen MR) is 68.6 cm³/mol. The summed E-state index contributed by atoms with van der Waals surface area (Å²) in [4.78, 5) is 15.6. The molecule has 0 spiro atoms. The molecule has 4 nitrogen and oxygen atoms in total. The number of ether oxygens (including phenoxy) is 1. The summed E-state index contributed by atoms with van der Waals surface area (Å²) in [6.07, 6.45) is 3.52. The second-order valence-corrected chi connectivity index (χ2v) is 4.11. The zero-order valence-corrected chi connectivity index (χ0v) is 10.9. The average molecular weight is 262 g/mol. The van der Waals surface area contributed by atoms with Gasteiger partial charge < -0.3 is 9.30 Å². The summed E-state index contributed by atoms with van der Waals surface area (Å²) in [5.74, 6) is 0.395. The lowest BCUT2D eigenvalue weighted by atomic mass is 10.1. The SMILES string of the molecule is CCn1ccnc1COc1cc(F)ccc1C(C)=O. The maximum Gasteiger partial charge on any atom is 0.163 e. The number of imidazole rings is 1. The zero-order chi connectivity index (χ0) is 13.8. The highest BCUT2D eigenvalue weighted by Crippen LogP contribution is 2.21. The van der Waals surface area contributed by atoms with Crippen molar-refractivity contribution in [1.82, 2.24) is 9.55 Å². The van der Waals surface area contributed by atoms with Crippen molar-refractivity contribution in [2.45, 2.75) is 27.0 Å². The predicted octanol–water partition coefficient (Wildman–Crippen LogP) is 2.82. The van der Waals surface area contributed by atoms with Crippen molar-refractivity contribution in [1.29, 1.82) is 0 Å². The van der Waals surface area contributed by atoms with Crippen LogP contribution < -0.4 is 4.74 Å². The largest absolute Gasteiger partial charge is 0.485 e. The maximum absolute atomic E-state index is 13.2. The molecule has 0 amide bonds. The lowest BCUT2D eigenvalue weighted by Gasteiger charge is -2.10. The fraction of sp³-hybridized carbons (Fsp3) is 0.286. The molecule has 1 heterocycles. The number of aryl methyl sites for hydroxylation is 1. The first-order valence-corrected chi connectivity index (χ1v) is 6.05. The molecule has 0 saturated heterocycles. The first-order chi connectivity index (χ1) is 9.11. The zero-order valence-electron chi connectivity index (χ0n) is 10.9. The molecular weight excluding hydrogens is 247 g/mol. The molecule has 1 aromatic heterocycles. The van der Waals surface area contributed by atoms with Gasteiger partial charge in [0.15, 0.2) is 5.78 Å². The summed E-state index contributed by atoms with van der Waals surface area (Å²) in [5.41, 5.74) is 0.371. The van der Waals surface area contributed by atoms with Crippen molar-refractivity contribution in [2.24, 2.45) is 0 Å². The molecular formula is C14H15FN2O2. The lowest BCUT2D eigenvalue weighted by Crippen LogP contribution is -2.07. The number of aromatic nitrogens is 2. The number of halogens is 1. The molecule has 0 fully saturated rings. The minimum Gasteiger partial charge on any atom is -0.485 e. The Bertz CT molecular complexity index is 593. The highest BCUT2D eigenvalue weighted by atomic mass is 19.1. The van der Waals surface area contributed by atoms with Crippen LogP contribution in [0, 0.1) is 5.82 Å². The molecule has 100 valence electrons. The van der Waals surface area contributed by atoms with Crippen LogP contribution in [0.1, 0.15) is 30.0 Å². The molecule has 2 aromatic rings. The van der Waals surface area contributed by atoms with Crippen LogP contribution >= 0.6 is 0 Å². The minimum atomic E-state index is -0.432. The number of nitrogens with zero attached hydrogens (tertiary/aromatic N) is 2. The van der Waals surface area contributed by atoms with Crippen LogP contribution in [-0.2, 0) is 13.2 Å². The third-order valence-electron chi connectivity index (χ3n) is 2.82. The van der Waals surface area contributed by atoms with E-state index in [1.54, 1.807) is 6.20 Å². The Hall–Kier alpha value is -2.17. The second-order valence-electron chi connectivity index (χ2n) is 4.11. The molecule has 0 atom stereocenters. The summed E-state index contributed by atoms with van der Waals surface area (Å²) in [7, 11) is 0. The van der Waals surface area contributed by atoms with E-state index in [1.165, 1.54) is 25.1 Å². The number of Topliss-reactive ketones (excluding diaryl/α,β-unsaturated/α-hetero) is 1. The molecule has 0 N–H and O–H groups in total. The Morgan fingerprint density at radius 3 is 2.95 bits per heavy atom. The van der Waals surface area contributed by atoms with E-state index in [2.05, 4.69) is 4.98 Å². The first kappa shape index (κ1) is 13.3. The highest BCUT2D eigenvalue weighted by molar-refractivity contribution is 5.96. The molecule has 1 aromatic carbocycles. The van der Waals surface area contributed by atoms with E-state index in [1.807, 2.05) is 17.7 Å². The monoisotopic (exact) mass is 262 g/mol. The van der Waals surface area contributed by atoms with E-state index < -0.39 is 5.82 Å². The van der Waals surface area contributed by atoms with Crippen LogP contribution in [0.25, 0.3) is 0 Å². The van der Waals surface area contributed by atoms with E-state index in [0.717, 1.165) is 12.4 Å². The van der Waals surface area contributed by atoms with E-state index in [9.17, 15) is 9.18 Å². The Morgan fingerprint density at radius 1 is 1.47 bits per heavy atom. The molecule has 0 unspecified atom stereocenters. The number of hydrogen-bond donors (Lipinski definition) is 0. The van der Waals surface area contributed by atoms with Gasteiger partial charge in [0.25, 0.3) is 0 Å². The third kappa shape index (κ3) is 2.99. The van der Waals surface area contributed by atoms with Crippen molar-refractivity contribution in [3.05, 3.63) is 47.8 Å². The summed E-state index contributed by atoms with van der Waals surface area (Å²) in [6.45, 7) is 4.40. The molecule has 0 bridgehead atoms. The lowest BCUT2D eigenvalue weighted by molar-refractivity contribution is 0.101. The molecule has 2 rings (SSSR count). The van der Waals surface area contributed by atoms with Gasteiger partial charge >= 0.3 is 0 Å². The minimum absolute atomic E-state index is 0.158. The number of hydrogen-bond acceptors (Lipinski definition) is 3. The number of carbonyl (C=O) groups excluding carboxylic acids is 1. The summed E-state index contributed by atoms with van der Waals surface area (Å²) < 4.78 is 20.7. The molecule has 0 aliphatic heterocycles. The van der Waals surface area contributed by atoms with Gasteiger partial charge in [0.2, 0.25) is 0 Å². The van der Waals surface area contributed by atoms with Gasteiger partial charge in [0.05, 0.1) is 5.56 Å². The molecule has 19 heavy (non-hydrogen) atoms. The number of benzene rings is 1. The van der Waals surface area contributed by atoms with Gasteiger partial charge in [-0.2, -0.15) is 0 Å². The molecule has 0 radical (unpaired) electrons. The van der Waals surface area contributed by atoms with Crippen LogP contribution in [0.5, 0.6) is 5.75 Å². The van der Waals surface area contributed by atoms with Crippen molar-refractivity contribution < 1.29 is 13.9 Å². The topological polar surface area (TPSA) is 44.1 Å². The highest BCUT2D eigenvalue weighted by Gasteiger charge is 2.11. The van der Waals surface area contributed by atoms with Gasteiger partial charge in [-0.05, 0) is 26.0 Å². The summed E-state index contributed by atoms with van der Waals surface area (Å²) >= 11 is 0. The van der Waals surface area contributed by atoms with Gasteiger partial charge in [-0.1, -0.05) is 0 Å². The molecule has 5 heteroatoms. The van der Waals surface area contributed by atoms with Gasteiger partial charge in [0, 0.05) is 25.0 Å². The smallest absolute Gasteiger partial charge is 0.163 e. The van der Waals surface area contributed by atoms with Crippen molar-refractivity contribution >= 4 is 5.78 Å². The summed E-state index contributed by atoms with van der Waals surface area (Å²) in [6, 6.07) is 3.89. The van der Waals surface area contributed by atoms with Gasteiger partial charge in [-0.25, -0.2) is 9.37 Å². The van der Waals surface area contributed by atoms with Crippen molar-refractivity contribution in [3.8, 4) is 5.75 Å². The number of carbonyl (C=O) groups is 1. The average Bonchev–Trinajstić information content (AvgIpc) is 2.83. The Kier molecular flexibility index (Phi) is 3.94. The first-order valence-electron chi connectivity index (χ1n) is 6.05. The quantitative estimate of drug-likeness (QED) is 0.778. The second kappa shape index (κ2) is 5.65. The van der Waals surface area contributed by atoms with Crippen LogP contribution in [0.3, 0.4) is 0 Å². The Balaban J connectivity index is 2.19. The fourth-order valence-corrected chi connectivity index (χ4v) is 1.82. The van der Waals surface area contributed by atoms with E-state index >= 15 is 0 Å². The van der Waals surface area contributed by atoms with Gasteiger partial charge in [-0.15, -0.1) is 0 Å².